The number of alkyl halides is 3. The SMILES string of the molecule is NCc1nc(N)cc([N+](=O)[O-])c1OC(F)(F)F. The second-order valence-electron chi connectivity index (χ2n) is 2.85. The molecule has 0 amide bonds. The Morgan fingerprint density at radius 2 is 2.12 bits per heavy atom. The molecule has 0 aliphatic heterocycles. The summed E-state index contributed by atoms with van der Waals surface area (Å²) in [7, 11) is 0. The van der Waals surface area contributed by atoms with Crippen LogP contribution < -0.4 is 16.2 Å². The number of nitro groups is 1. The molecule has 4 N–H and O–H groups in total. The van der Waals surface area contributed by atoms with Crippen molar-refractivity contribution in [1.29, 1.82) is 0 Å². The second kappa shape index (κ2) is 4.41. The average molecular weight is 252 g/mol. The van der Waals surface area contributed by atoms with Crippen molar-refractivity contribution in [3.8, 4) is 5.75 Å². The molecule has 10 heteroatoms. The third-order valence-corrected chi connectivity index (χ3v) is 1.65. The Morgan fingerprint density at radius 1 is 1.53 bits per heavy atom. The number of pyridine rings is 1. The molecular weight excluding hydrogens is 245 g/mol. The molecule has 1 rings (SSSR count). The van der Waals surface area contributed by atoms with Crippen molar-refractivity contribution >= 4 is 11.5 Å². The van der Waals surface area contributed by atoms with Gasteiger partial charge in [0.1, 0.15) is 11.5 Å². The van der Waals surface area contributed by atoms with Gasteiger partial charge in [0.15, 0.2) is 0 Å². The molecule has 0 aliphatic carbocycles. The molecule has 0 aliphatic rings. The largest absolute Gasteiger partial charge is 0.573 e. The third kappa shape index (κ3) is 3.17. The van der Waals surface area contributed by atoms with Gasteiger partial charge in [-0.3, -0.25) is 10.1 Å². The first-order chi connectivity index (χ1) is 7.74. The molecule has 0 saturated carbocycles. The second-order valence-corrected chi connectivity index (χ2v) is 2.85. The van der Waals surface area contributed by atoms with Gasteiger partial charge >= 0.3 is 12.0 Å². The number of nitrogen functional groups attached to an aromatic ring is 1. The van der Waals surface area contributed by atoms with Crippen LogP contribution in [-0.4, -0.2) is 16.3 Å². The van der Waals surface area contributed by atoms with Crippen molar-refractivity contribution in [2.24, 2.45) is 5.73 Å². The number of halogens is 3. The maximum absolute atomic E-state index is 12.1. The molecule has 1 aromatic heterocycles. The van der Waals surface area contributed by atoms with Gasteiger partial charge in [0.05, 0.1) is 11.0 Å². The van der Waals surface area contributed by atoms with E-state index in [9.17, 15) is 23.3 Å². The lowest BCUT2D eigenvalue weighted by molar-refractivity contribution is -0.388. The molecule has 0 fully saturated rings. The fourth-order valence-electron chi connectivity index (χ4n) is 1.09. The molecule has 0 atom stereocenters. The Kier molecular flexibility index (Phi) is 3.36. The van der Waals surface area contributed by atoms with Crippen LogP contribution in [0.3, 0.4) is 0 Å². The summed E-state index contributed by atoms with van der Waals surface area (Å²) in [6.45, 7) is -0.475. The summed E-state index contributed by atoms with van der Waals surface area (Å²) in [5, 5.41) is 10.6. The molecule has 0 bridgehead atoms. The molecule has 0 unspecified atom stereocenters. The first kappa shape index (κ1) is 13.0. The highest BCUT2D eigenvalue weighted by Crippen LogP contribution is 2.35. The molecule has 17 heavy (non-hydrogen) atoms. The number of aromatic nitrogens is 1. The number of nitrogens with two attached hydrogens (primary N) is 2. The van der Waals surface area contributed by atoms with Crippen LogP contribution in [0.4, 0.5) is 24.7 Å². The van der Waals surface area contributed by atoms with E-state index in [2.05, 4.69) is 9.72 Å². The fraction of sp³-hybridized carbons (Fsp3) is 0.286. The molecule has 94 valence electrons. The highest BCUT2D eigenvalue weighted by Gasteiger charge is 2.36. The van der Waals surface area contributed by atoms with Crippen LogP contribution in [-0.2, 0) is 6.54 Å². The molecule has 0 radical (unpaired) electrons. The van der Waals surface area contributed by atoms with Crippen molar-refractivity contribution in [3.63, 3.8) is 0 Å². The van der Waals surface area contributed by atoms with Crippen molar-refractivity contribution in [1.82, 2.24) is 4.98 Å². The Morgan fingerprint density at radius 3 is 2.53 bits per heavy atom. The van der Waals surface area contributed by atoms with Gasteiger partial charge in [-0.1, -0.05) is 0 Å². The van der Waals surface area contributed by atoms with E-state index >= 15 is 0 Å². The standard InChI is InChI=1S/C7H7F3N4O3/c8-7(9,10)17-6-3(2-11)13-5(12)1-4(6)14(15)16/h1H,2,11H2,(H2,12,13). The van der Waals surface area contributed by atoms with E-state index < -0.39 is 35.0 Å². The first-order valence-electron chi connectivity index (χ1n) is 4.14. The maximum atomic E-state index is 12.1. The predicted octanol–water partition coefficient (Wildman–Crippen LogP) is 0.929. The Labute approximate surface area is 92.3 Å². The summed E-state index contributed by atoms with van der Waals surface area (Å²) in [5.74, 6) is -1.36. The van der Waals surface area contributed by atoms with Crippen molar-refractivity contribution in [2.75, 3.05) is 5.73 Å². The zero-order valence-corrected chi connectivity index (χ0v) is 8.19. The van der Waals surface area contributed by atoms with Gasteiger partial charge in [-0.15, -0.1) is 13.2 Å². The smallest absolute Gasteiger partial charge is 0.396 e. The lowest BCUT2D eigenvalue weighted by Gasteiger charge is -2.12. The van der Waals surface area contributed by atoms with Crippen LogP contribution >= 0.6 is 0 Å². The highest BCUT2D eigenvalue weighted by atomic mass is 19.4. The van der Waals surface area contributed by atoms with Crippen molar-refractivity contribution in [2.45, 2.75) is 12.9 Å². The van der Waals surface area contributed by atoms with Crippen LogP contribution in [0.25, 0.3) is 0 Å². The zero-order chi connectivity index (χ0) is 13.2. The van der Waals surface area contributed by atoms with Gasteiger partial charge in [0, 0.05) is 6.54 Å². The molecule has 1 aromatic rings. The Hall–Kier alpha value is -2.10. The van der Waals surface area contributed by atoms with Crippen LogP contribution in [0.1, 0.15) is 5.69 Å². The molecule has 7 nitrogen and oxygen atoms in total. The Bertz CT molecular complexity index is 449. The molecular formula is C7H7F3N4O3. The number of hydrogen-bond acceptors (Lipinski definition) is 6. The summed E-state index contributed by atoms with van der Waals surface area (Å²) in [6, 6.07) is 0.667. The van der Waals surface area contributed by atoms with E-state index in [0.717, 1.165) is 0 Å². The van der Waals surface area contributed by atoms with E-state index in [1.165, 1.54) is 0 Å². The number of hydrogen-bond donors (Lipinski definition) is 2. The van der Waals surface area contributed by atoms with Crippen LogP contribution in [0, 0.1) is 10.1 Å². The number of rotatable bonds is 3. The van der Waals surface area contributed by atoms with Gasteiger partial charge < -0.3 is 16.2 Å². The zero-order valence-electron chi connectivity index (χ0n) is 8.19. The van der Waals surface area contributed by atoms with E-state index in [4.69, 9.17) is 11.5 Å². The van der Waals surface area contributed by atoms with Gasteiger partial charge in [-0.05, 0) is 0 Å². The van der Waals surface area contributed by atoms with Gasteiger partial charge in [-0.2, -0.15) is 0 Å². The average Bonchev–Trinajstić information content (AvgIpc) is 2.17. The molecule has 0 aromatic carbocycles. The normalized spacial score (nSPS) is 11.3. The first-order valence-corrected chi connectivity index (χ1v) is 4.14. The minimum absolute atomic E-state index is 0.313. The van der Waals surface area contributed by atoms with Crippen LogP contribution in [0.15, 0.2) is 6.07 Å². The lowest BCUT2D eigenvalue weighted by Crippen LogP contribution is -2.20. The summed E-state index contributed by atoms with van der Waals surface area (Å²) < 4.78 is 39.7. The summed E-state index contributed by atoms with van der Waals surface area (Å²) >= 11 is 0. The monoisotopic (exact) mass is 252 g/mol. The highest BCUT2D eigenvalue weighted by molar-refractivity contribution is 5.55. The van der Waals surface area contributed by atoms with E-state index in [1.807, 2.05) is 0 Å². The number of nitrogens with zero attached hydrogens (tertiary/aromatic N) is 2. The minimum atomic E-state index is -5.08. The maximum Gasteiger partial charge on any atom is 0.573 e. The van der Waals surface area contributed by atoms with E-state index in [0.29, 0.717) is 6.07 Å². The Balaban J connectivity index is 3.37. The minimum Gasteiger partial charge on any atom is -0.396 e. The number of ether oxygens (including phenoxy) is 1. The van der Waals surface area contributed by atoms with Crippen LogP contribution in [0.5, 0.6) is 5.75 Å². The third-order valence-electron chi connectivity index (χ3n) is 1.65. The molecule has 0 spiro atoms. The van der Waals surface area contributed by atoms with Gasteiger partial charge in [0.25, 0.3) is 0 Å². The fourth-order valence-corrected chi connectivity index (χ4v) is 1.09. The molecule has 0 saturated heterocycles. The number of anilines is 1. The van der Waals surface area contributed by atoms with Gasteiger partial charge in [-0.25, -0.2) is 4.98 Å². The molecule has 1 heterocycles. The summed E-state index contributed by atoms with van der Waals surface area (Å²) in [4.78, 5) is 12.9. The van der Waals surface area contributed by atoms with Crippen molar-refractivity contribution < 1.29 is 22.8 Å². The lowest BCUT2D eigenvalue weighted by atomic mass is 10.2. The predicted molar refractivity (Wildman–Crippen MR) is 49.9 cm³/mol. The summed E-state index contributed by atoms with van der Waals surface area (Å²) in [6.07, 6.45) is -5.08. The quantitative estimate of drug-likeness (QED) is 0.610. The summed E-state index contributed by atoms with van der Waals surface area (Å²) in [5.41, 5.74) is 8.95. The van der Waals surface area contributed by atoms with E-state index in [1.54, 1.807) is 0 Å². The van der Waals surface area contributed by atoms with Crippen LogP contribution in [0.2, 0.25) is 0 Å². The topological polar surface area (TPSA) is 117 Å². The van der Waals surface area contributed by atoms with E-state index in [-0.39, 0.29) is 5.82 Å². The van der Waals surface area contributed by atoms with Crippen molar-refractivity contribution in [3.05, 3.63) is 21.9 Å². The van der Waals surface area contributed by atoms with Gasteiger partial charge in [0.2, 0.25) is 5.75 Å².